The van der Waals surface area contributed by atoms with Crippen LogP contribution in [0.1, 0.15) is 16.7 Å². The van der Waals surface area contributed by atoms with E-state index in [9.17, 15) is 4.79 Å². The molecule has 0 N–H and O–H groups in total. The fraction of sp³-hybridized carbons (Fsp3) is 0.150. The van der Waals surface area contributed by atoms with Crippen molar-refractivity contribution in [2.75, 3.05) is 0 Å². The van der Waals surface area contributed by atoms with Crippen LogP contribution in [0.3, 0.4) is 0 Å². The molecule has 8 heteroatoms. The maximum Gasteiger partial charge on any atom is 0.336 e. The highest BCUT2D eigenvalue weighted by Crippen LogP contribution is 2.31. The van der Waals surface area contributed by atoms with E-state index in [0.717, 1.165) is 32.1 Å². The molecule has 28 heavy (non-hydrogen) atoms. The van der Waals surface area contributed by atoms with Crippen LogP contribution in [0.25, 0.3) is 16.7 Å². The van der Waals surface area contributed by atoms with E-state index in [-0.39, 0.29) is 5.63 Å². The molecule has 2 heterocycles. The molecule has 0 fully saturated rings. The number of benzene rings is 2. The van der Waals surface area contributed by atoms with Crippen LogP contribution >= 0.6 is 46.9 Å². The monoisotopic (exact) mass is 446 g/mol. The van der Waals surface area contributed by atoms with E-state index in [2.05, 4.69) is 5.10 Å². The third-order valence-corrected chi connectivity index (χ3v) is 7.14. The molecule has 0 aliphatic heterocycles. The van der Waals surface area contributed by atoms with E-state index in [1.165, 1.54) is 11.3 Å². The molecule has 2 aromatic heterocycles. The lowest BCUT2D eigenvalue weighted by Crippen LogP contribution is -2.01. The number of rotatable bonds is 4. The van der Waals surface area contributed by atoms with Crippen molar-refractivity contribution in [3.63, 3.8) is 0 Å². The average Bonchev–Trinajstić information content (AvgIpc) is 3.04. The zero-order chi connectivity index (χ0) is 19.8. The van der Waals surface area contributed by atoms with Crippen LogP contribution in [0.4, 0.5) is 0 Å². The fourth-order valence-electron chi connectivity index (χ4n) is 2.85. The van der Waals surface area contributed by atoms with Gasteiger partial charge in [0.2, 0.25) is 0 Å². The quantitative estimate of drug-likeness (QED) is 0.208. The Balaban J connectivity index is 1.65. The summed E-state index contributed by atoms with van der Waals surface area (Å²) in [7, 11) is 0. The molecule has 0 bridgehead atoms. The maximum absolute atomic E-state index is 12.0. The van der Waals surface area contributed by atoms with Gasteiger partial charge in [-0.25, -0.2) is 9.48 Å². The van der Waals surface area contributed by atoms with E-state index < -0.39 is 0 Å². The number of nitrogens with zero attached hydrogens (tertiary/aromatic N) is 2. The Morgan fingerprint density at radius 3 is 2.71 bits per heavy atom. The summed E-state index contributed by atoms with van der Waals surface area (Å²) in [6.45, 7) is 3.98. The second-order valence-electron chi connectivity index (χ2n) is 6.29. The summed E-state index contributed by atoms with van der Waals surface area (Å²) in [5.41, 5.74) is 4.20. The van der Waals surface area contributed by atoms with Crippen molar-refractivity contribution in [1.82, 2.24) is 9.78 Å². The lowest BCUT2D eigenvalue weighted by molar-refractivity contribution is 0.557. The van der Waals surface area contributed by atoms with Crippen LogP contribution in [0.5, 0.6) is 0 Å². The fourth-order valence-corrected chi connectivity index (χ4v) is 5.33. The van der Waals surface area contributed by atoms with Crippen molar-refractivity contribution in [2.45, 2.75) is 23.9 Å². The van der Waals surface area contributed by atoms with Crippen molar-refractivity contribution in [3.05, 3.63) is 78.6 Å². The van der Waals surface area contributed by atoms with Crippen LogP contribution in [-0.2, 0) is 5.75 Å². The Bertz CT molecular complexity index is 1290. The topological polar surface area (TPSA) is 48.0 Å². The third-order valence-electron chi connectivity index (χ3n) is 4.47. The first-order valence-corrected chi connectivity index (χ1v) is 11.0. The second kappa shape index (κ2) is 7.83. The van der Waals surface area contributed by atoms with Gasteiger partial charge in [0.05, 0.1) is 5.69 Å². The summed E-state index contributed by atoms with van der Waals surface area (Å²) in [6.07, 6.45) is 0. The summed E-state index contributed by atoms with van der Waals surface area (Å²) < 4.78 is 8.67. The molecule has 0 saturated carbocycles. The van der Waals surface area contributed by atoms with E-state index in [1.54, 1.807) is 22.5 Å². The molecule has 4 rings (SSSR count). The van der Waals surface area contributed by atoms with E-state index in [1.807, 2.05) is 50.2 Å². The number of aromatic nitrogens is 2. The minimum Gasteiger partial charge on any atom is -0.422 e. The van der Waals surface area contributed by atoms with Gasteiger partial charge in [-0.1, -0.05) is 46.8 Å². The van der Waals surface area contributed by atoms with Gasteiger partial charge >= 0.3 is 5.63 Å². The standard InChI is InChI=1S/C20H15ClN2O2S3/c1-11-3-8-16-13(9-17(24)25-18(16)12(11)2)10-27-19-22-23(20(26)28-19)15-6-4-14(21)5-7-15/h3-9H,10H2,1-2H3. The van der Waals surface area contributed by atoms with Crippen LogP contribution < -0.4 is 5.63 Å². The maximum atomic E-state index is 12.0. The number of hydrogen-bond acceptors (Lipinski definition) is 6. The molecule has 4 aromatic rings. The summed E-state index contributed by atoms with van der Waals surface area (Å²) in [4.78, 5) is 12.0. The summed E-state index contributed by atoms with van der Waals surface area (Å²) >= 11 is 14.4. The van der Waals surface area contributed by atoms with Gasteiger partial charge in [0.15, 0.2) is 8.29 Å². The zero-order valence-electron chi connectivity index (χ0n) is 15.1. The molecule has 0 atom stereocenters. The van der Waals surface area contributed by atoms with E-state index >= 15 is 0 Å². The minimum absolute atomic E-state index is 0.337. The van der Waals surface area contributed by atoms with Gasteiger partial charge in [-0.15, -0.1) is 5.10 Å². The van der Waals surface area contributed by atoms with Gasteiger partial charge in [0.1, 0.15) is 5.58 Å². The summed E-state index contributed by atoms with van der Waals surface area (Å²) in [5, 5.41) is 6.23. The molecule has 0 saturated heterocycles. The summed E-state index contributed by atoms with van der Waals surface area (Å²) in [5.74, 6) is 0.605. The zero-order valence-corrected chi connectivity index (χ0v) is 18.3. The molecule has 142 valence electrons. The number of fused-ring (bicyclic) bond motifs is 1. The van der Waals surface area contributed by atoms with Crippen molar-refractivity contribution in [1.29, 1.82) is 0 Å². The largest absolute Gasteiger partial charge is 0.422 e. The first-order valence-electron chi connectivity index (χ1n) is 8.44. The van der Waals surface area contributed by atoms with Gasteiger partial charge in [0.25, 0.3) is 0 Å². The van der Waals surface area contributed by atoms with Gasteiger partial charge in [-0.3, -0.25) is 0 Å². The first kappa shape index (κ1) is 19.4. The van der Waals surface area contributed by atoms with E-state index in [4.69, 9.17) is 28.2 Å². The van der Waals surface area contributed by atoms with Gasteiger partial charge in [-0.2, -0.15) is 0 Å². The predicted molar refractivity (Wildman–Crippen MR) is 119 cm³/mol. The number of thioether (sulfide) groups is 1. The average molecular weight is 447 g/mol. The van der Waals surface area contributed by atoms with Gasteiger partial charge in [-0.05, 0) is 67.0 Å². The Morgan fingerprint density at radius 2 is 1.96 bits per heavy atom. The second-order valence-corrected chi connectivity index (χ2v) is 9.57. The molecule has 2 aromatic carbocycles. The number of hydrogen-bond donors (Lipinski definition) is 0. The first-order chi connectivity index (χ1) is 13.4. The van der Waals surface area contributed by atoms with E-state index in [0.29, 0.717) is 20.3 Å². The lowest BCUT2D eigenvalue weighted by Gasteiger charge is -2.08. The Hall–Kier alpha value is -1.93. The Kier molecular flexibility index (Phi) is 5.42. The van der Waals surface area contributed by atoms with Crippen molar-refractivity contribution in [2.24, 2.45) is 0 Å². The highest BCUT2D eigenvalue weighted by atomic mass is 35.5. The van der Waals surface area contributed by atoms with Crippen LogP contribution in [0, 0.1) is 17.8 Å². The normalized spacial score (nSPS) is 11.2. The molecule has 0 amide bonds. The third kappa shape index (κ3) is 3.80. The molecule has 0 spiro atoms. The highest BCUT2D eigenvalue weighted by molar-refractivity contribution is 8.00. The minimum atomic E-state index is -0.337. The molecular formula is C20H15ClN2O2S3. The predicted octanol–water partition coefficient (Wildman–Crippen LogP) is 6.33. The van der Waals surface area contributed by atoms with Gasteiger partial charge < -0.3 is 4.42 Å². The molecule has 4 nitrogen and oxygen atoms in total. The smallest absolute Gasteiger partial charge is 0.336 e. The number of aryl methyl sites for hydroxylation is 2. The van der Waals surface area contributed by atoms with Crippen LogP contribution in [0.15, 0.2) is 56.0 Å². The lowest BCUT2D eigenvalue weighted by atomic mass is 10.0. The van der Waals surface area contributed by atoms with Crippen molar-refractivity contribution in [3.8, 4) is 5.69 Å². The molecule has 0 radical (unpaired) electrons. The van der Waals surface area contributed by atoms with Crippen molar-refractivity contribution < 1.29 is 4.42 Å². The molecule has 0 aliphatic carbocycles. The van der Waals surface area contributed by atoms with Crippen LogP contribution in [0.2, 0.25) is 5.02 Å². The summed E-state index contributed by atoms with van der Waals surface area (Å²) in [6, 6.07) is 13.0. The highest BCUT2D eigenvalue weighted by Gasteiger charge is 2.12. The number of halogens is 1. The van der Waals surface area contributed by atoms with Crippen LogP contribution in [-0.4, -0.2) is 9.78 Å². The van der Waals surface area contributed by atoms with Gasteiger partial charge in [0, 0.05) is 22.2 Å². The van der Waals surface area contributed by atoms with Crippen molar-refractivity contribution >= 4 is 57.9 Å². The SMILES string of the molecule is Cc1ccc2c(CSc3nn(-c4ccc(Cl)cc4)c(=S)s3)cc(=O)oc2c1C. The Morgan fingerprint density at radius 1 is 1.21 bits per heavy atom. The molecule has 0 unspecified atom stereocenters. The Labute approximate surface area is 179 Å². The molecular weight excluding hydrogens is 432 g/mol. The molecule has 0 aliphatic rings.